The van der Waals surface area contributed by atoms with E-state index in [9.17, 15) is 14.9 Å². The number of nitrogens with zero attached hydrogens (tertiary/aromatic N) is 2. The Morgan fingerprint density at radius 3 is 2.84 bits per heavy atom. The molecule has 0 unspecified atom stereocenters. The van der Waals surface area contributed by atoms with Gasteiger partial charge in [0.25, 0.3) is 5.69 Å². The molecule has 0 radical (unpaired) electrons. The second-order valence-corrected chi connectivity index (χ2v) is 5.54. The fourth-order valence-electron chi connectivity index (χ4n) is 2.61. The number of hydrogen-bond donors (Lipinski definition) is 1. The van der Waals surface area contributed by atoms with Crippen LogP contribution in [-0.4, -0.2) is 21.9 Å². The first kappa shape index (κ1) is 16.4. The lowest BCUT2D eigenvalue weighted by Crippen LogP contribution is -2.25. The number of amides is 1. The first-order chi connectivity index (χ1) is 12.1. The molecule has 0 fully saturated rings. The van der Waals surface area contributed by atoms with Gasteiger partial charge in [0, 0.05) is 43.0 Å². The van der Waals surface area contributed by atoms with Crippen molar-refractivity contribution in [1.82, 2.24) is 9.88 Å². The number of para-hydroxylation sites is 1. The normalized spacial score (nSPS) is 11.0. The molecule has 0 atom stereocenters. The number of carbonyl (C=O) groups excluding carboxylic acids is 1. The molecular weight excluding hydrogens is 318 g/mol. The molecular formula is C19H17N3O3. The average molecular weight is 335 g/mol. The van der Waals surface area contributed by atoms with Gasteiger partial charge in [-0.2, -0.15) is 0 Å². The van der Waals surface area contributed by atoms with Crippen LogP contribution in [0, 0.1) is 10.1 Å². The summed E-state index contributed by atoms with van der Waals surface area (Å²) in [6.45, 7) is 1.17. The summed E-state index contributed by atoms with van der Waals surface area (Å²) in [5.74, 6) is -0.233. The Morgan fingerprint density at radius 2 is 2.00 bits per heavy atom. The van der Waals surface area contributed by atoms with Crippen molar-refractivity contribution < 1.29 is 9.72 Å². The molecule has 3 rings (SSSR count). The summed E-state index contributed by atoms with van der Waals surface area (Å²) in [7, 11) is 0. The van der Waals surface area contributed by atoms with Crippen LogP contribution in [0.5, 0.6) is 0 Å². The second-order valence-electron chi connectivity index (χ2n) is 5.54. The third kappa shape index (κ3) is 4.11. The fourth-order valence-corrected chi connectivity index (χ4v) is 2.61. The van der Waals surface area contributed by atoms with Gasteiger partial charge in [0.1, 0.15) is 0 Å². The Kier molecular flexibility index (Phi) is 4.89. The molecule has 0 saturated heterocycles. The van der Waals surface area contributed by atoms with Crippen LogP contribution in [0.3, 0.4) is 0 Å². The third-order valence-electron chi connectivity index (χ3n) is 3.84. The minimum absolute atomic E-state index is 0.00189. The second kappa shape index (κ2) is 7.44. The van der Waals surface area contributed by atoms with Crippen molar-refractivity contribution in [3.63, 3.8) is 0 Å². The molecule has 0 saturated carbocycles. The van der Waals surface area contributed by atoms with Gasteiger partial charge >= 0.3 is 0 Å². The molecule has 1 amide bonds. The molecule has 1 aromatic heterocycles. The van der Waals surface area contributed by atoms with E-state index in [1.165, 1.54) is 23.6 Å². The van der Waals surface area contributed by atoms with E-state index in [4.69, 9.17) is 0 Å². The summed E-state index contributed by atoms with van der Waals surface area (Å²) in [4.78, 5) is 22.2. The highest BCUT2D eigenvalue weighted by molar-refractivity contribution is 5.91. The largest absolute Gasteiger partial charge is 0.351 e. The van der Waals surface area contributed by atoms with Crippen molar-refractivity contribution in [2.45, 2.75) is 6.54 Å². The first-order valence-corrected chi connectivity index (χ1v) is 7.88. The van der Waals surface area contributed by atoms with Crippen molar-refractivity contribution in [2.24, 2.45) is 0 Å². The van der Waals surface area contributed by atoms with E-state index in [0.717, 1.165) is 5.52 Å². The highest BCUT2D eigenvalue weighted by Crippen LogP contribution is 2.15. The number of nitrogens with one attached hydrogen (secondary N) is 1. The van der Waals surface area contributed by atoms with E-state index in [-0.39, 0.29) is 11.6 Å². The van der Waals surface area contributed by atoms with Gasteiger partial charge in [0.2, 0.25) is 5.91 Å². The van der Waals surface area contributed by atoms with Crippen molar-refractivity contribution in [1.29, 1.82) is 0 Å². The number of rotatable bonds is 6. The Morgan fingerprint density at radius 1 is 1.16 bits per heavy atom. The number of aromatic nitrogens is 1. The molecule has 1 heterocycles. The lowest BCUT2D eigenvalue weighted by atomic mass is 10.2. The standard InChI is InChI=1S/C19H17N3O3/c23-19(9-8-15-4-3-6-17(14-15)22(24)25)20-11-13-21-12-10-16-5-1-2-7-18(16)21/h1-10,12,14H,11,13H2,(H,20,23)/b9-8+. The van der Waals surface area contributed by atoms with Crippen LogP contribution < -0.4 is 5.32 Å². The maximum absolute atomic E-state index is 11.9. The van der Waals surface area contributed by atoms with Crippen LogP contribution in [0.4, 0.5) is 5.69 Å². The van der Waals surface area contributed by atoms with Gasteiger partial charge in [-0.15, -0.1) is 0 Å². The quantitative estimate of drug-likeness (QED) is 0.426. The van der Waals surface area contributed by atoms with E-state index in [1.807, 2.05) is 36.5 Å². The molecule has 0 bridgehead atoms. The fraction of sp³-hybridized carbons (Fsp3) is 0.105. The molecule has 6 nitrogen and oxygen atoms in total. The minimum atomic E-state index is -0.460. The summed E-state index contributed by atoms with van der Waals surface area (Å²) in [5.41, 5.74) is 1.74. The summed E-state index contributed by atoms with van der Waals surface area (Å²) < 4.78 is 2.08. The lowest BCUT2D eigenvalue weighted by Gasteiger charge is -2.06. The van der Waals surface area contributed by atoms with Crippen molar-refractivity contribution >= 4 is 28.6 Å². The SMILES string of the molecule is O=C(/C=C/c1cccc([N+](=O)[O-])c1)NCCn1ccc2ccccc21. The van der Waals surface area contributed by atoms with Gasteiger partial charge in [-0.25, -0.2) is 0 Å². The van der Waals surface area contributed by atoms with Crippen molar-refractivity contribution in [3.05, 3.63) is 82.5 Å². The third-order valence-corrected chi connectivity index (χ3v) is 3.84. The number of carbonyl (C=O) groups is 1. The van der Waals surface area contributed by atoms with Gasteiger partial charge in [0.15, 0.2) is 0 Å². The van der Waals surface area contributed by atoms with E-state index in [2.05, 4.69) is 9.88 Å². The van der Waals surface area contributed by atoms with E-state index in [0.29, 0.717) is 18.7 Å². The Labute approximate surface area is 144 Å². The average Bonchev–Trinajstić information content (AvgIpc) is 3.03. The van der Waals surface area contributed by atoms with Crippen LogP contribution in [-0.2, 0) is 11.3 Å². The number of fused-ring (bicyclic) bond motifs is 1. The summed E-state index contributed by atoms with van der Waals surface area (Å²) >= 11 is 0. The molecule has 126 valence electrons. The molecule has 6 heteroatoms. The molecule has 3 aromatic rings. The van der Waals surface area contributed by atoms with Gasteiger partial charge in [-0.1, -0.05) is 30.3 Å². The Bertz CT molecular complexity index is 944. The van der Waals surface area contributed by atoms with Crippen LogP contribution in [0.15, 0.2) is 66.9 Å². The molecule has 25 heavy (non-hydrogen) atoms. The monoisotopic (exact) mass is 335 g/mol. The number of non-ortho nitro benzene ring substituents is 1. The predicted octanol–water partition coefficient (Wildman–Crippen LogP) is 3.38. The summed E-state index contributed by atoms with van der Waals surface area (Å²) in [6.07, 6.45) is 4.94. The van der Waals surface area contributed by atoms with Gasteiger partial charge in [-0.3, -0.25) is 14.9 Å². The summed E-state index contributed by atoms with van der Waals surface area (Å²) in [6, 6.07) is 16.3. The number of hydrogen-bond acceptors (Lipinski definition) is 3. The van der Waals surface area contributed by atoms with E-state index < -0.39 is 4.92 Å². The van der Waals surface area contributed by atoms with Crippen molar-refractivity contribution in [2.75, 3.05) is 6.54 Å². The summed E-state index contributed by atoms with van der Waals surface area (Å²) in [5, 5.41) is 14.7. The smallest absolute Gasteiger partial charge is 0.270 e. The lowest BCUT2D eigenvalue weighted by molar-refractivity contribution is -0.384. The Hall–Kier alpha value is -3.41. The van der Waals surface area contributed by atoms with Crippen LogP contribution in [0.2, 0.25) is 0 Å². The minimum Gasteiger partial charge on any atom is -0.351 e. The van der Waals surface area contributed by atoms with Gasteiger partial charge in [-0.05, 0) is 29.2 Å². The molecule has 1 N–H and O–H groups in total. The highest BCUT2D eigenvalue weighted by Gasteiger charge is 2.04. The molecule has 0 aliphatic heterocycles. The predicted molar refractivity (Wildman–Crippen MR) is 97.1 cm³/mol. The van der Waals surface area contributed by atoms with Gasteiger partial charge in [0.05, 0.1) is 4.92 Å². The number of benzene rings is 2. The van der Waals surface area contributed by atoms with E-state index in [1.54, 1.807) is 18.2 Å². The Balaban J connectivity index is 1.54. The maximum atomic E-state index is 11.9. The molecule has 2 aromatic carbocycles. The molecule has 0 aliphatic carbocycles. The molecule has 0 spiro atoms. The number of nitro groups is 1. The van der Waals surface area contributed by atoms with Crippen LogP contribution in [0.1, 0.15) is 5.56 Å². The zero-order valence-electron chi connectivity index (χ0n) is 13.5. The van der Waals surface area contributed by atoms with Gasteiger partial charge < -0.3 is 9.88 Å². The first-order valence-electron chi connectivity index (χ1n) is 7.88. The molecule has 0 aliphatic rings. The van der Waals surface area contributed by atoms with Crippen molar-refractivity contribution in [3.8, 4) is 0 Å². The van der Waals surface area contributed by atoms with Crippen LogP contribution >= 0.6 is 0 Å². The maximum Gasteiger partial charge on any atom is 0.270 e. The zero-order chi connectivity index (χ0) is 17.6. The number of nitro benzene ring substituents is 1. The zero-order valence-corrected chi connectivity index (χ0v) is 13.5. The van der Waals surface area contributed by atoms with E-state index >= 15 is 0 Å². The van der Waals surface area contributed by atoms with Crippen LogP contribution in [0.25, 0.3) is 17.0 Å². The topological polar surface area (TPSA) is 77.2 Å². The highest BCUT2D eigenvalue weighted by atomic mass is 16.6.